The fourth-order valence-corrected chi connectivity index (χ4v) is 3.99. The molecular formula is C25H28F3N3O2. The summed E-state index contributed by atoms with van der Waals surface area (Å²) in [5.41, 5.74) is -2.52. The summed E-state index contributed by atoms with van der Waals surface area (Å²) in [4.78, 5) is 18.6. The molecule has 1 atom stereocenters. The van der Waals surface area contributed by atoms with Crippen molar-refractivity contribution in [2.75, 3.05) is 0 Å². The van der Waals surface area contributed by atoms with E-state index < -0.39 is 23.7 Å². The van der Waals surface area contributed by atoms with Crippen molar-refractivity contribution in [3.63, 3.8) is 0 Å². The predicted octanol–water partition coefficient (Wildman–Crippen LogP) is 5.99. The van der Waals surface area contributed by atoms with E-state index in [2.05, 4.69) is 4.98 Å². The van der Waals surface area contributed by atoms with Crippen molar-refractivity contribution < 1.29 is 22.7 Å². The molecule has 1 amide bonds. The Morgan fingerprint density at radius 2 is 1.52 bits per heavy atom. The Kier molecular flexibility index (Phi) is 7.15. The van der Waals surface area contributed by atoms with Crippen LogP contribution in [0.25, 0.3) is 0 Å². The lowest BCUT2D eigenvalue weighted by Gasteiger charge is -2.38. The van der Waals surface area contributed by atoms with Crippen LogP contribution < -0.4 is 0 Å². The van der Waals surface area contributed by atoms with E-state index in [0.717, 1.165) is 5.56 Å². The third kappa shape index (κ3) is 4.89. The zero-order valence-electron chi connectivity index (χ0n) is 19.1. The molecular weight excluding hydrogens is 431 g/mol. The first kappa shape index (κ1) is 24.4. The summed E-state index contributed by atoms with van der Waals surface area (Å²) in [5.74, 6) is -0.411. The maximum Gasteiger partial charge on any atom is 0.440 e. The summed E-state index contributed by atoms with van der Waals surface area (Å²) in [7, 11) is 0. The van der Waals surface area contributed by atoms with Crippen LogP contribution in [0.3, 0.4) is 0 Å². The van der Waals surface area contributed by atoms with Crippen molar-refractivity contribution in [1.29, 1.82) is 0 Å². The monoisotopic (exact) mass is 459 g/mol. The van der Waals surface area contributed by atoms with Gasteiger partial charge in [0.15, 0.2) is 5.82 Å². The molecule has 1 aromatic heterocycles. The van der Waals surface area contributed by atoms with Gasteiger partial charge in [-0.15, -0.1) is 0 Å². The lowest BCUT2D eigenvalue weighted by atomic mass is 9.91. The molecule has 3 rings (SSSR count). The van der Waals surface area contributed by atoms with Crippen molar-refractivity contribution in [2.45, 2.75) is 58.1 Å². The minimum atomic E-state index is -4.98. The lowest BCUT2D eigenvalue weighted by molar-refractivity contribution is -0.253. The van der Waals surface area contributed by atoms with Crippen LogP contribution >= 0.6 is 0 Å². The molecule has 1 heterocycles. The SMILES string of the molecule is CC(C)N(C(=O)OC(c1ccccc1)(c1nccn1Cc1ccccc1)C(F)(F)F)C(C)C. The molecule has 0 aliphatic rings. The van der Waals surface area contributed by atoms with Crippen molar-refractivity contribution >= 4 is 6.09 Å². The first-order valence-corrected chi connectivity index (χ1v) is 10.8. The fourth-order valence-electron chi connectivity index (χ4n) is 3.99. The van der Waals surface area contributed by atoms with Gasteiger partial charge in [0.1, 0.15) is 0 Å². The van der Waals surface area contributed by atoms with Gasteiger partial charge in [-0.25, -0.2) is 9.78 Å². The highest BCUT2D eigenvalue weighted by Gasteiger charge is 2.64. The van der Waals surface area contributed by atoms with E-state index in [1.165, 1.54) is 46.1 Å². The van der Waals surface area contributed by atoms with E-state index in [-0.39, 0.29) is 24.2 Å². The minimum Gasteiger partial charge on any atom is -0.420 e. The maximum atomic E-state index is 15.0. The van der Waals surface area contributed by atoms with Gasteiger partial charge in [0.2, 0.25) is 0 Å². The quantitative estimate of drug-likeness (QED) is 0.436. The number of carbonyl (C=O) groups excluding carboxylic acids is 1. The van der Waals surface area contributed by atoms with Crippen LogP contribution in [0.4, 0.5) is 18.0 Å². The number of ether oxygens (including phenoxy) is 1. The summed E-state index contributed by atoms with van der Waals surface area (Å²) in [6, 6.07) is 15.5. The number of carbonyl (C=O) groups is 1. The topological polar surface area (TPSA) is 47.4 Å². The average molecular weight is 460 g/mol. The third-order valence-electron chi connectivity index (χ3n) is 5.37. The van der Waals surface area contributed by atoms with E-state index in [4.69, 9.17) is 4.74 Å². The van der Waals surface area contributed by atoms with E-state index >= 15 is 13.2 Å². The van der Waals surface area contributed by atoms with Gasteiger partial charge in [0.25, 0.3) is 5.60 Å². The van der Waals surface area contributed by atoms with Gasteiger partial charge in [-0.2, -0.15) is 13.2 Å². The maximum absolute atomic E-state index is 15.0. The molecule has 0 fully saturated rings. The van der Waals surface area contributed by atoms with Gasteiger partial charge in [0, 0.05) is 36.6 Å². The molecule has 176 valence electrons. The molecule has 1 unspecified atom stereocenters. The number of alkyl halides is 3. The molecule has 3 aromatic rings. The fraction of sp³-hybridized carbons (Fsp3) is 0.360. The first-order chi connectivity index (χ1) is 15.6. The predicted molar refractivity (Wildman–Crippen MR) is 120 cm³/mol. The molecule has 0 radical (unpaired) electrons. The number of aromatic nitrogens is 2. The number of hydrogen-bond acceptors (Lipinski definition) is 3. The molecule has 0 N–H and O–H groups in total. The van der Waals surface area contributed by atoms with Gasteiger partial charge in [-0.05, 0) is 33.3 Å². The smallest absolute Gasteiger partial charge is 0.420 e. The van der Waals surface area contributed by atoms with Crippen LogP contribution in [0.1, 0.15) is 44.6 Å². The molecule has 5 nitrogen and oxygen atoms in total. The number of amides is 1. The molecule has 0 bridgehead atoms. The van der Waals surface area contributed by atoms with Crippen LogP contribution in [-0.4, -0.2) is 38.8 Å². The Morgan fingerprint density at radius 3 is 2.03 bits per heavy atom. The zero-order chi connectivity index (χ0) is 24.2. The van der Waals surface area contributed by atoms with Crippen LogP contribution in [0.2, 0.25) is 0 Å². The third-order valence-corrected chi connectivity index (χ3v) is 5.37. The van der Waals surface area contributed by atoms with Gasteiger partial charge in [-0.3, -0.25) is 0 Å². The molecule has 0 aliphatic heterocycles. The van der Waals surface area contributed by atoms with Crippen LogP contribution in [0, 0.1) is 0 Å². The van der Waals surface area contributed by atoms with Gasteiger partial charge >= 0.3 is 12.3 Å². The largest absolute Gasteiger partial charge is 0.440 e. The Balaban J connectivity index is 2.20. The van der Waals surface area contributed by atoms with Crippen molar-refractivity contribution in [3.05, 3.63) is 90.0 Å². The minimum absolute atomic E-state index is 0.135. The van der Waals surface area contributed by atoms with Crippen molar-refractivity contribution in [3.8, 4) is 0 Å². The van der Waals surface area contributed by atoms with Crippen LogP contribution in [-0.2, 0) is 16.9 Å². The Labute approximate surface area is 191 Å². The molecule has 0 aliphatic carbocycles. The van der Waals surface area contributed by atoms with Crippen molar-refractivity contribution in [1.82, 2.24) is 14.5 Å². The highest BCUT2D eigenvalue weighted by atomic mass is 19.4. The van der Waals surface area contributed by atoms with Crippen LogP contribution in [0.5, 0.6) is 0 Å². The van der Waals surface area contributed by atoms with Crippen molar-refractivity contribution in [2.24, 2.45) is 0 Å². The highest BCUT2D eigenvalue weighted by molar-refractivity contribution is 5.70. The summed E-state index contributed by atoms with van der Waals surface area (Å²) in [6.45, 7) is 7.06. The van der Waals surface area contributed by atoms with E-state index in [9.17, 15) is 4.79 Å². The van der Waals surface area contributed by atoms with Gasteiger partial charge in [0.05, 0.1) is 0 Å². The summed E-state index contributed by atoms with van der Waals surface area (Å²) >= 11 is 0. The summed E-state index contributed by atoms with van der Waals surface area (Å²) in [6.07, 6.45) is -3.29. The Hall–Kier alpha value is -3.29. The molecule has 0 saturated carbocycles. The molecule has 8 heteroatoms. The van der Waals surface area contributed by atoms with E-state index in [1.54, 1.807) is 33.8 Å². The number of halogens is 3. The lowest BCUT2D eigenvalue weighted by Crippen LogP contribution is -2.53. The molecule has 2 aromatic carbocycles. The normalized spacial score (nSPS) is 13.7. The standard InChI is InChI=1S/C25H28F3N3O2/c1-18(2)31(19(3)4)23(32)33-24(25(26,27)28,21-13-9-6-10-14-21)22-29-15-16-30(22)17-20-11-7-5-8-12-20/h5-16,18-19H,17H2,1-4H3. The second-order valence-electron chi connectivity index (χ2n) is 8.37. The molecule has 0 saturated heterocycles. The van der Waals surface area contributed by atoms with Gasteiger partial charge in [-0.1, -0.05) is 60.7 Å². The highest BCUT2D eigenvalue weighted by Crippen LogP contribution is 2.47. The van der Waals surface area contributed by atoms with Gasteiger partial charge < -0.3 is 14.2 Å². The number of benzene rings is 2. The Bertz CT molecular complexity index is 1040. The zero-order valence-corrected chi connectivity index (χ0v) is 19.1. The second kappa shape index (κ2) is 9.68. The number of nitrogens with zero attached hydrogens (tertiary/aromatic N) is 3. The number of hydrogen-bond donors (Lipinski definition) is 0. The number of imidazole rings is 1. The first-order valence-electron chi connectivity index (χ1n) is 10.8. The van der Waals surface area contributed by atoms with E-state index in [1.807, 2.05) is 30.3 Å². The van der Waals surface area contributed by atoms with Crippen LogP contribution in [0.15, 0.2) is 73.1 Å². The van der Waals surface area contributed by atoms with E-state index in [0.29, 0.717) is 0 Å². The molecule has 33 heavy (non-hydrogen) atoms. The Morgan fingerprint density at radius 1 is 0.970 bits per heavy atom. The molecule has 0 spiro atoms. The average Bonchev–Trinajstić information content (AvgIpc) is 3.20. The summed E-state index contributed by atoms with van der Waals surface area (Å²) in [5, 5.41) is 0. The second-order valence-corrected chi connectivity index (χ2v) is 8.37. The summed E-state index contributed by atoms with van der Waals surface area (Å²) < 4.78 is 51.9. The number of rotatable bonds is 7.